The van der Waals surface area contributed by atoms with Gasteiger partial charge in [0.1, 0.15) is 0 Å². The van der Waals surface area contributed by atoms with Gasteiger partial charge in [-0.25, -0.2) is 0 Å². The Morgan fingerprint density at radius 3 is 2.89 bits per heavy atom. The third-order valence-corrected chi connectivity index (χ3v) is 3.20. The molecule has 0 bridgehead atoms. The Morgan fingerprint density at radius 2 is 2.16 bits per heavy atom. The number of benzene rings is 1. The molecule has 1 N–H and O–H groups in total. The molecule has 0 aliphatic heterocycles. The molecule has 1 heterocycles. The summed E-state index contributed by atoms with van der Waals surface area (Å²) in [6, 6.07) is 8.18. The summed E-state index contributed by atoms with van der Waals surface area (Å²) in [5, 5.41) is 9.90. The Morgan fingerprint density at radius 1 is 1.37 bits per heavy atom. The highest BCUT2D eigenvalue weighted by Crippen LogP contribution is 2.23. The summed E-state index contributed by atoms with van der Waals surface area (Å²) in [7, 11) is 0. The van der Waals surface area contributed by atoms with E-state index >= 15 is 0 Å². The molecule has 2 aromatic rings. The van der Waals surface area contributed by atoms with Crippen molar-refractivity contribution < 1.29 is 9.90 Å². The lowest BCUT2D eigenvalue weighted by molar-refractivity contribution is -0.137. The fourth-order valence-electron chi connectivity index (χ4n) is 2.32. The first-order chi connectivity index (χ1) is 9.22. The van der Waals surface area contributed by atoms with Crippen LogP contribution in [-0.4, -0.2) is 15.6 Å². The molecule has 0 aliphatic rings. The molecule has 3 heteroatoms. The van der Waals surface area contributed by atoms with Crippen molar-refractivity contribution in [3.8, 4) is 12.3 Å². The maximum atomic E-state index is 10.6. The smallest absolute Gasteiger partial charge is 0.303 e. The number of carboxylic acid groups (broad SMARTS) is 1. The maximum Gasteiger partial charge on any atom is 0.303 e. The molecule has 1 aromatic heterocycles. The van der Waals surface area contributed by atoms with Crippen LogP contribution in [0, 0.1) is 12.3 Å². The molecule has 19 heavy (non-hydrogen) atoms. The number of aliphatic carboxylic acids is 1. The van der Waals surface area contributed by atoms with Crippen molar-refractivity contribution in [1.82, 2.24) is 4.57 Å². The second-order valence-electron chi connectivity index (χ2n) is 4.57. The SMILES string of the molecule is C#CCCn1cc(CCCC(=O)O)c2ccccc21. The van der Waals surface area contributed by atoms with Crippen molar-refractivity contribution in [3.05, 3.63) is 36.0 Å². The molecule has 0 amide bonds. The largest absolute Gasteiger partial charge is 0.481 e. The predicted octanol–water partition coefficient (Wildman–Crippen LogP) is 3.07. The summed E-state index contributed by atoms with van der Waals surface area (Å²) >= 11 is 0. The number of para-hydroxylation sites is 1. The number of aryl methyl sites for hydroxylation is 2. The molecule has 3 nitrogen and oxygen atoms in total. The Hall–Kier alpha value is -2.21. The second kappa shape index (κ2) is 6.10. The minimum atomic E-state index is -0.740. The van der Waals surface area contributed by atoms with E-state index in [4.69, 9.17) is 11.5 Å². The van der Waals surface area contributed by atoms with Gasteiger partial charge in [0.05, 0.1) is 0 Å². The van der Waals surface area contributed by atoms with Gasteiger partial charge in [-0.05, 0) is 24.5 Å². The Labute approximate surface area is 112 Å². The first kappa shape index (κ1) is 13.2. The van der Waals surface area contributed by atoms with Gasteiger partial charge in [0.15, 0.2) is 0 Å². The van der Waals surface area contributed by atoms with E-state index in [9.17, 15) is 4.79 Å². The van der Waals surface area contributed by atoms with E-state index in [1.807, 2.05) is 12.1 Å². The highest BCUT2D eigenvalue weighted by Gasteiger charge is 2.08. The summed E-state index contributed by atoms with van der Waals surface area (Å²) < 4.78 is 2.16. The van der Waals surface area contributed by atoms with Crippen molar-refractivity contribution in [2.24, 2.45) is 0 Å². The summed E-state index contributed by atoms with van der Waals surface area (Å²) in [5.41, 5.74) is 2.37. The van der Waals surface area contributed by atoms with Crippen molar-refractivity contribution >= 4 is 16.9 Å². The normalized spacial score (nSPS) is 10.5. The van der Waals surface area contributed by atoms with E-state index in [0.717, 1.165) is 13.0 Å². The van der Waals surface area contributed by atoms with E-state index < -0.39 is 5.97 Å². The molecular formula is C16H17NO2. The highest BCUT2D eigenvalue weighted by atomic mass is 16.4. The van der Waals surface area contributed by atoms with Gasteiger partial charge < -0.3 is 9.67 Å². The van der Waals surface area contributed by atoms with E-state index in [0.29, 0.717) is 12.8 Å². The fourth-order valence-corrected chi connectivity index (χ4v) is 2.32. The van der Waals surface area contributed by atoms with Gasteiger partial charge in [0, 0.05) is 36.5 Å². The fraction of sp³-hybridized carbons (Fsp3) is 0.312. The Kier molecular flexibility index (Phi) is 4.25. The van der Waals surface area contributed by atoms with E-state index in [1.165, 1.54) is 16.5 Å². The van der Waals surface area contributed by atoms with Crippen LogP contribution >= 0.6 is 0 Å². The number of fused-ring (bicyclic) bond motifs is 1. The van der Waals surface area contributed by atoms with Gasteiger partial charge in [-0.3, -0.25) is 4.79 Å². The number of carbonyl (C=O) groups is 1. The molecule has 0 aliphatic carbocycles. The minimum Gasteiger partial charge on any atom is -0.481 e. The lowest BCUT2D eigenvalue weighted by Gasteiger charge is -2.00. The summed E-state index contributed by atoms with van der Waals surface area (Å²) in [6.07, 6.45) is 9.78. The lowest BCUT2D eigenvalue weighted by Crippen LogP contribution is -1.96. The number of hydrogen-bond acceptors (Lipinski definition) is 1. The van der Waals surface area contributed by atoms with Crippen LogP contribution in [0.15, 0.2) is 30.5 Å². The van der Waals surface area contributed by atoms with Crippen LogP contribution in [0.1, 0.15) is 24.8 Å². The Bertz CT molecular complexity index is 619. The zero-order valence-electron chi connectivity index (χ0n) is 10.8. The monoisotopic (exact) mass is 255 g/mol. The van der Waals surface area contributed by atoms with Gasteiger partial charge in [0.2, 0.25) is 0 Å². The molecule has 0 unspecified atom stereocenters. The number of terminal acetylenes is 1. The van der Waals surface area contributed by atoms with E-state index in [2.05, 4.69) is 28.8 Å². The van der Waals surface area contributed by atoms with Gasteiger partial charge in [0.25, 0.3) is 0 Å². The third kappa shape index (κ3) is 3.17. The molecule has 0 spiro atoms. The van der Waals surface area contributed by atoms with Crippen LogP contribution in [0.4, 0.5) is 0 Å². The number of carboxylic acids is 1. The third-order valence-electron chi connectivity index (χ3n) is 3.20. The molecule has 0 atom stereocenters. The first-order valence-corrected chi connectivity index (χ1v) is 6.44. The zero-order chi connectivity index (χ0) is 13.7. The van der Waals surface area contributed by atoms with Gasteiger partial charge in [-0.2, -0.15) is 0 Å². The van der Waals surface area contributed by atoms with Crippen LogP contribution in [-0.2, 0) is 17.8 Å². The van der Waals surface area contributed by atoms with Crippen LogP contribution < -0.4 is 0 Å². The molecule has 1 aromatic carbocycles. The topological polar surface area (TPSA) is 42.2 Å². The number of aromatic nitrogens is 1. The van der Waals surface area contributed by atoms with Crippen LogP contribution in [0.3, 0.4) is 0 Å². The zero-order valence-corrected chi connectivity index (χ0v) is 10.8. The standard InChI is InChI=1S/C16H17NO2/c1-2-3-11-17-12-13(7-6-10-16(18)19)14-8-4-5-9-15(14)17/h1,4-5,8-9,12H,3,6-7,10-11H2,(H,18,19). The molecule has 0 fully saturated rings. The summed E-state index contributed by atoms with van der Waals surface area (Å²) in [6.45, 7) is 0.802. The molecule has 2 rings (SSSR count). The second-order valence-corrected chi connectivity index (χ2v) is 4.57. The molecule has 98 valence electrons. The van der Waals surface area contributed by atoms with Crippen molar-refractivity contribution in [2.45, 2.75) is 32.2 Å². The minimum absolute atomic E-state index is 0.212. The van der Waals surface area contributed by atoms with Crippen LogP contribution in [0.2, 0.25) is 0 Å². The summed E-state index contributed by atoms with van der Waals surface area (Å²) in [5.74, 6) is 1.91. The average Bonchev–Trinajstić information content (AvgIpc) is 2.75. The lowest BCUT2D eigenvalue weighted by atomic mass is 10.1. The summed E-state index contributed by atoms with van der Waals surface area (Å²) in [4.78, 5) is 10.6. The molecule has 0 saturated heterocycles. The van der Waals surface area contributed by atoms with E-state index in [1.54, 1.807) is 0 Å². The van der Waals surface area contributed by atoms with Gasteiger partial charge in [-0.1, -0.05) is 18.2 Å². The molecule has 0 saturated carbocycles. The van der Waals surface area contributed by atoms with Crippen molar-refractivity contribution in [2.75, 3.05) is 0 Å². The maximum absolute atomic E-state index is 10.6. The van der Waals surface area contributed by atoms with Crippen LogP contribution in [0.25, 0.3) is 10.9 Å². The molecular weight excluding hydrogens is 238 g/mol. The number of nitrogens with zero attached hydrogens (tertiary/aromatic N) is 1. The van der Waals surface area contributed by atoms with Gasteiger partial charge >= 0.3 is 5.97 Å². The van der Waals surface area contributed by atoms with Crippen molar-refractivity contribution in [3.63, 3.8) is 0 Å². The van der Waals surface area contributed by atoms with E-state index in [-0.39, 0.29) is 6.42 Å². The number of hydrogen-bond donors (Lipinski definition) is 1. The quantitative estimate of drug-likeness (QED) is 0.806. The van der Waals surface area contributed by atoms with Crippen LogP contribution in [0.5, 0.6) is 0 Å². The number of rotatable bonds is 6. The predicted molar refractivity (Wildman–Crippen MR) is 76.0 cm³/mol. The van der Waals surface area contributed by atoms with Gasteiger partial charge in [-0.15, -0.1) is 12.3 Å². The Balaban J connectivity index is 2.23. The van der Waals surface area contributed by atoms with Crippen molar-refractivity contribution in [1.29, 1.82) is 0 Å². The highest BCUT2D eigenvalue weighted by molar-refractivity contribution is 5.84. The average molecular weight is 255 g/mol. The first-order valence-electron chi connectivity index (χ1n) is 6.44. The molecule has 0 radical (unpaired) electrons.